The highest BCUT2D eigenvalue weighted by Gasteiger charge is 2.49. The summed E-state index contributed by atoms with van der Waals surface area (Å²) in [6.45, 7) is 1.71. The maximum absolute atomic E-state index is 9.07. The summed E-state index contributed by atoms with van der Waals surface area (Å²) < 4.78 is 10.8. The van der Waals surface area contributed by atoms with Crippen LogP contribution in [0.1, 0.15) is 54.4 Å². The molecule has 0 aromatic carbocycles. The Labute approximate surface area is 209 Å². The lowest BCUT2D eigenvalue weighted by molar-refractivity contribution is 0.0922. The van der Waals surface area contributed by atoms with Gasteiger partial charge in [0, 0.05) is 31.2 Å². The van der Waals surface area contributed by atoms with Crippen LogP contribution in [0.2, 0.25) is 0 Å². The van der Waals surface area contributed by atoms with Crippen molar-refractivity contribution in [3.63, 3.8) is 0 Å². The number of nitrogens with zero attached hydrogens (tertiary/aromatic N) is 6. The Morgan fingerprint density at radius 1 is 0.694 bits per heavy atom. The predicted molar refractivity (Wildman–Crippen MR) is 129 cm³/mol. The monoisotopic (exact) mass is 504 g/mol. The van der Waals surface area contributed by atoms with E-state index in [1.54, 1.807) is 0 Å². The third-order valence-electron chi connectivity index (χ3n) is 6.74. The van der Waals surface area contributed by atoms with Gasteiger partial charge in [0.25, 0.3) is 0 Å². The van der Waals surface area contributed by atoms with E-state index >= 15 is 0 Å². The highest BCUT2D eigenvalue weighted by Crippen LogP contribution is 2.58. The number of fused-ring (bicyclic) bond motifs is 2. The molecule has 13 nitrogen and oxygen atoms in total. The Kier molecular flexibility index (Phi) is 9.64. The summed E-state index contributed by atoms with van der Waals surface area (Å²) in [7, 11) is 0. The highest BCUT2D eigenvalue weighted by molar-refractivity contribution is 5.32. The molecule has 0 radical (unpaired) electrons. The smallest absolute Gasteiger partial charge is 0.227 e. The molecule has 2 aromatic heterocycles. The molecule has 2 aromatic rings. The van der Waals surface area contributed by atoms with Crippen LogP contribution < -0.4 is 11.1 Å². The molecule has 2 fully saturated rings. The van der Waals surface area contributed by atoms with Crippen molar-refractivity contribution in [2.24, 2.45) is 11.8 Å². The number of aromatic nitrogens is 6. The van der Waals surface area contributed by atoms with E-state index in [4.69, 9.17) is 40.5 Å². The molecule has 2 bridgehead atoms. The van der Waals surface area contributed by atoms with E-state index in [1.807, 2.05) is 0 Å². The summed E-state index contributed by atoms with van der Waals surface area (Å²) in [5.74, 6) is 4.68. The predicted octanol–water partition coefficient (Wildman–Crippen LogP) is -0.557. The molecule has 2 heterocycles. The Balaban J connectivity index is 1.46. The Morgan fingerprint density at radius 2 is 1.28 bits per heavy atom. The number of aliphatic hydroxyl groups excluding tert-OH is 3. The Morgan fingerprint density at radius 3 is 1.81 bits per heavy atom. The fraction of sp³-hybridized carbons (Fsp3) is 0.739. The van der Waals surface area contributed by atoms with Crippen LogP contribution in [-0.2, 0) is 22.3 Å². The molecule has 6 N–H and O–H groups in total. The fourth-order valence-corrected chi connectivity index (χ4v) is 5.27. The Hall–Kier alpha value is -2.58. The average Bonchev–Trinajstić information content (AvgIpc) is 3.49. The fourth-order valence-electron chi connectivity index (χ4n) is 5.27. The van der Waals surface area contributed by atoms with Gasteiger partial charge in [0.15, 0.2) is 0 Å². The van der Waals surface area contributed by atoms with Crippen LogP contribution in [0.25, 0.3) is 0 Å². The van der Waals surface area contributed by atoms with E-state index in [2.05, 4.69) is 25.3 Å². The van der Waals surface area contributed by atoms with Crippen molar-refractivity contribution < 1.29 is 24.8 Å². The largest absolute Gasteiger partial charge is 0.395 e. The van der Waals surface area contributed by atoms with E-state index < -0.39 is 0 Å². The number of rotatable bonds is 15. The van der Waals surface area contributed by atoms with Crippen molar-refractivity contribution in [3.8, 4) is 0 Å². The van der Waals surface area contributed by atoms with Crippen LogP contribution in [0.4, 0.5) is 11.9 Å². The zero-order valence-electron chi connectivity index (χ0n) is 20.4. The minimum absolute atomic E-state index is 0.0198. The SMILES string of the molecule is Nc1nc(NCCO)nc(C2CC3CC2CC3c2nc(CCOCCO)nc(CCOCCO)n2)n1. The lowest BCUT2D eigenvalue weighted by Gasteiger charge is -2.26. The highest BCUT2D eigenvalue weighted by atomic mass is 16.5. The lowest BCUT2D eigenvalue weighted by atomic mass is 9.81. The second-order valence-electron chi connectivity index (χ2n) is 9.16. The standard InChI is InChI=1S/C23H36N8O5/c24-22-29-21(30-23(31-22)25-3-4-32)17-13-14-11-15(17)12-16(14)20-27-18(1-7-35-9-5-33)26-19(28-20)2-8-36-10-6-34/h14-17,32-34H,1-13H2,(H3,24,25,29,30,31). The second kappa shape index (κ2) is 13.1. The van der Waals surface area contributed by atoms with Gasteiger partial charge in [-0.1, -0.05) is 0 Å². The van der Waals surface area contributed by atoms with Gasteiger partial charge < -0.3 is 35.8 Å². The van der Waals surface area contributed by atoms with Crippen molar-refractivity contribution in [3.05, 3.63) is 23.3 Å². The minimum Gasteiger partial charge on any atom is -0.395 e. The number of hydrogen-bond acceptors (Lipinski definition) is 13. The molecule has 0 spiro atoms. The molecule has 198 valence electrons. The van der Waals surface area contributed by atoms with Gasteiger partial charge in [-0.2, -0.15) is 15.0 Å². The van der Waals surface area contributed by atoms with E-state index in [1.165, 1.54) is 0 Å². The third-order valence-corrected chi connectivity index (χ3v) is 6.74. The number of nitrogens with two attached hydrogens (primary N) is 1. The molecule has 2 aliphatic rings. The Bertz CT molecular complexity index is 953. The molecule has 0 amide bonds. The van der Waals surface area contributed by atoms with Crippen molar-refractivity contribution >= 4 is 11.9 Å². The van der Waals surface area contributed by atoms with Gasteiger partial charge in [0.2, 0.25) is 11.9 Å². The minimum atomic E-state index is -0.0201. The second-order valence-corrected chi connectivity index (χ2v) is 9.16. The van der Waals surface area contributed by atoms with Crippen molar-refractivity contribution in [2.45, 2.75) is 43.9 Å². The number of ether oxygens (including phenoxy) is 2. The van der Waals surface area contributed by atoms with Gasteiger partial charge in [0.05, 0.1) is 46.2 Å². The summed E-state index contributed by atoms with van der Waals surface area (Å²) in [5.41, 5.74) is 5.93. The van der Waals surface area contributed by atoms with E-state index in [-0.39, 0.29) is 50.8 Å². The van der Waals surface area contributed by atoms with Crippen LogP contribution in [0, 0.1) is 11.8 Å². The molecule has 2 aliphatic carbocycles. The van der Waals surface area contributed by atoms with Gasteiger partial charge >= 0.3 is 0 Å². The van der Waals surface area contributed by atoms with Crippen LogP contribution in [0.5, 0.6) is 0 Å². The topological polar surface area (TPSA) is 195 Å². The van der Waals surface area contributed by atoms with Gasteiger partial charge in [-0.15, -0.1) is 0 Å². The number of anilines is 2. The molecule has 4 atom stereocenters. The third kappa shape index (κ3) is 6.79. The van der Waals surface area contributed by atoms with Crippen molar-refractivity contribution in [1.82, 2.24) is 29.9 Å². The summed E-state index contributed by atoms with van der Waals surface area (Å²) in [4.78, 5) is 27.3. The van der Waals surface area contributed by atoms with Crippen molar-refractivity contribution in [1.29, 1.82) is 0 Å². The quantitative estimate of drug-likeness (QED) is 0.194. The number of aliphatic hydroxyl groups is 3. The molecule has 0 aliphatic heterocycles. The maximum atomic E-state index is 9.07. The van der Waals surface area contributed by atoms with E-state index in [0.29, 0.717) is 67.9 Å². The van der Waals surface area contributed by atoms with E-state index in [0.717, 1.165) is 25.1 Å². The number of nitrogens with one attached hydrogen (secondary N) is 1. The van der Waals surface area contributed by atoms with Gasteiger partial charge in [-0.3, -0.25) is 0 Å². The molecule has 2 saturated carbocycles. The summed E-state index contributed by atoms with van der Waals surface area (Å²) >= 11 is 0. The van der Waals surface area contributed by atoms with Gasteiger partial charge in [-0.05, 0) is 31.1 Å². The zero-order valence-corrected chi connectivity index (χ0v) is 20.4. The molecular formula is C23H36N8O5. The molecule has 36 heavy (non-hydrogen) atoms. The van der Waals surface area contributed by atoms with Gasteiger partial charge in [-0.25, -0.2) is 15.0 Å². The molecular weight excluding hydrogens is 468 g/mol. The maximum Gasteiger partial charge on any atom is 0.227 e. The zero-order chi connectivity index (χ0) is 25.3. The van der Waals surface area contributed by atoms with Crippen LogP contribution in [0.15, 0.2) is 0 Å². The lowest BCUT2D eigenvalue weighted by Crippen LogP contribution is -2.22. The first-order chi connectivity index (χ1) is 17.6. The summed E-state index contributed by atoms with van der Waals surface area (Å²) in [5, 5.41) is 29.9. The first-order valence-corrected chi connectivity index (χ1v) is 12.6. The van der Waals surface area contributed by atoms with E-state index in [9.17, 15) is 0 Å². The first kappa shape index (κ1) is 26.5. The number of hydrogen-bond donors (Lipinski definition) is 5. The first-order valence-electron chi connectivity index (χ1n) is 12.6. The molecule has 4 unspecified atom stereocenters. The normalized spacial score (nSPS) is 22.9. The molecule has 4 rings (SSSR count). The average molecular weight is 505 g/mol. The number of nitrogen functional groups attached to an aromatic ring is 1. The van der Waals surface area contributed by atoms with Crippen LogP contribution in [0.3, 0.4) is 0 Å². The van der Waals surface area contributed by atoms with Crippen LogP contribution >= 0.6 is 0 Å². The van der Waals surface area contributed by atoms with Crippen LogP contribution in [-0.4, -0.2) is 98.0 Å². The molecule has 0 saturated heterocycles. The summed E-state index contributed by atoms with van der Waals surface area (Å²) in [6.07, 6.45) is 3.99. The van der Waals surface area contributed by atoms with Gasteiger partial charge in [0.1, 0.15) is 23.3 Å². The summed E-state index contributed by atoms with van der Waals surface area (Å²) in [6, 6.07) is 0. The molecule has 13 heteroatoms. The van der Waals surface area contributed by atoms with Crippen molar-refractivity contribution in [2.75, 3.05) is 63.8 Å².